The first-order valence-corrected chi connectivity index (χ1v) is 6.56. The van der Waals surface area contributed by atoms with Gasteiger partial charge in [0, 0.05) is 26.7 Å². The van der Waals surface area contributed by atoms with Gasteiger partial charge in [-0.1, -0.05) is 26.7 Å². The Hall–Kier alpha value is -0.770. The molecular formula is C13H26N2O2. The van der Waals surface area contributed by atoms with Crippen LogP contribution in [-0.2, 0) is 4.74 Å². The molecule has 1 aliphatic carbocycles. The molecule has 4 nitrogen and oxygen atoms in total. The molecule has 0 saturated heterocycles. The van der Waals surface area contributed by atoms with Gasteiger partial charge in [-0.05, 0) is 18.3 Å². The highest BCUT2D eigenvalue weighted by Crippen LogP contribution is 2.29. The number of amides is 2. The molecule has 2 amide bonds. The van der Waals surface area contributed by atoms with Crippen molar-refractivity contribution in [1.29, 1.82) is 0 Å². The standard InChI is InChI=1S/C13H26N2O2/c1-10-6-5-7-12(11(10)2)14-13(16)15(3)8-9-17-4/h10-12H,5-9H2,1-4H3,(H,14,16)/t10-,11-,12-/m1/s1. The van der Waals surface area contributed by atoms with Crippen LogP contribution >= 0.6 is 0 Å². The van der Waals surface area contributed by atoms with E-state index in [1.54, 1.807) is 12.0 Å². The fourth-order valence-corrected chi connectivity index (χ4v) is 2.38. The quantitative estimate of drug-likeness (QED) is 0.820. The summed E-state index contributed by atoms with van der Waals surface area (Å²) in [7, 11) is 3.46. The Balaban J connectivity index is 2.39. The fourth-order valence-electron chi connectivity index (χ4n) is 2.38. The van der Waals surface area contributed by atoms with Crippen molar-refractivity contribution in [3.05, 3.63) is 0 Å². The van der Waals surface area contributed by atoms with Crippen LogP contribution in [0.2, 0.25) is 0 Å². The lowest BCUT2D eigenvalue weighted by Gasteiger charge is -2.35. The summed E-state index contributed by atoms with van der Waals surface area (Å²) in [5.41, 5.74) is 0. The minimum Gasteiger partial charge on any atom is -0.383 e. The van der Waals surface area contributed by atoms with Crippen LogP contribution in [0.4, 0.5) is 4.79 Å². The van der Waals surface area contributed by atoms with E-state index >= 15 is 0 Å². The molecule has 0 aromatic rings. The highest BCUT2D eigenvalue weighted by atomic mass is 16.5. The van der Waals surface area contributed by atoms with Crippen molar-refractivity contribution in [2.75, 3.05) is 27.3 Å². The second kappa shape index (κ2) is 6.84. The van der Waals surface area contributed by atoms with Crippen LogP contribution in [0, 0.1) is 11.8 Å². The van der Waals surface area contributed by atoms with E-state index in [1.165, 1.54) is 12.8 Å². The van der Waals surface area contributed by atoms with Gasteiger partial charge >= 0.3 is 6.03 Å². The lowest BCUT2D eigenvalue weighted by atomic mass is 9.78. The van der Waals surface area contributed by atoms with Crippen molar-refractivity contribution < 1.29 is 9.53 Å². The summed E-state index contributed by atoms with van der Waals surface area (Å²) in [6, 6.07) is 0.351. The number of nitrogens with one attached hydrogen (secondary N) is 1. The first-order chi connectivity index (χ1) is 8.06. The number of hydrogen-bond donors (Lipinski definition) is 1. The van der Waals surface area contributed by atoms with E-state index in [1.807, 2.05) is 7.05 Å². The number of ether oxygens (including phenoxy) is 1. The molecule has 1 saturated carbocycles. The Labute approximate surface area is 105 Å². The Morgan fingerprint density at radius 2 is 2.12 bits per heavy atom. The zero-order chi connectivity index (χ0) is 12.8. The molecule has 17 heavy (non-hydrogen) atoms. The third kappa shape index (κ3) is 4.19. The largest absolute Gasteiger partial charge is 0.383 e. The highest BCUT2D eigenvalue weighted by Gasteiger charge is 2.28. The number of methoxy groups -OCH3 is 1. The molecular weight excluding hydrogens is 216 g/mol. The van der Waals surface area contributed by atoms with E-state index in [0.29, 0.717) is 31.0 Å². The first-order valence-electron chi connectivity index (χ1n) is 6.56. The number of rotatable bonds is 4. The minimum absolute atomic E-state index is 0.0213. The topological polar surface area (TPSA) is 41.6 Å². The SMILES string of the molecule is COCCN(C)C(=O)N[C@@H]1CCC[C@@H](C)[C@H]1C. The molecule has 0 aromatic carbocycles. The molecule has 1 aliphatic rings. The second-order valence-corrected chi connectivity index (χ2v) is 5.24. The molecule has 0 unspecified atom stereocenters. The van der Waals surface area contributed by atoms with E-state index in [0.717, 1.165) is 6.42 Å². The molecule has 0 heterocycles. The number of carbonyl (C=O) groups excluding carboxylic acids is 1. The maximum atomic E-state index is 11.9. The lowest BCUT2D eigenvalue weighted by molar-refractivity contribution is 0.148. The van der Waals surface area contributed by atoms with Gasteiger partial charge < -0.3 is 15.0 Å². The minimum atomic E-state index is 0.0213. The van der Waals surface area contributed by atoms with Crippen LogP contribution in [0.3, 0.4) is 0 Å². The number of urea groups is 1. The Bertz CT molecular complexity index is 246. The van der Waals surface area contributed by atoms with Crippen LogP contribution in [0.1, 0.15) is 33.1 Å². The fraction of sp³-hybridized carbons (Fsp3) is 0.923. The van der Waals surface area contributed by atoms with Gasteiger partial charge in [0.15, 0.2) is 0 Å². The summed E-state index contributed by atoms with van der Waals surface area (Å²) in [6.45, 7) is 5.74. The third-order valence-corrected chi connectivity index (χ3v) is 3.99. The molecule has 0 spiro atoms. The average Bonchev–Trinajstić information content (AvgIpc) is 2.31. The van der Waals surface area contributed by atoms with Gasteiger partial charge in [-0.3, -0.25) is 0 Å². The zero-order valence-corrected chi connectivity index (χ0v) is 11.5. The van der Waals surface area contributed by atoms with Crippen molar-refractivity contribution in [2.24, 2.45) is 11.8 Å². The summed E-state index contributed by atoms with van der Waals surface area (Å²) in [6.07, 6.45) is 3.61. The molecule has 3 atom stereocenters. The Morgan fingerprint density at radius 3 is 2.76 bits per heavy atom. The van der Waals surface area contributed by atoms with Crippen molar-refractivity contribution in [1.82, 2.24) is 10.2 Å². The van der Waals surface area contributed by atoms with E-state index in [4.69, 9.17) is 4.74 Å². The molecule has 0 aromatic heterocycles. The molecule has 0 radical (unpaired) electrons. The van der Waals surface area contributed by atoms with E-state index in [9.17, 15) is 4.79 Å². The van der Waals surface area contributed by atoms with Gasteiger partial charge in [-0.15, -0.1) is 0 Å². The predicted molar refractivity (Wildman–Crippen MR) is 69.0 cm³/mol. The molecule has 4 heteroatoms. The van der Waals surface area contributed by atoms with Gasteiger partial charge in [0.1, 0.15) is 0 Å². The summed E-state index contributed by atoms with van der Waals surface area (Å²) in [5.74, 6) is 1.28. The van der Waals surface area contributed by atoms with Crippen molar-refractivity contribution in [3.63, 3.8) is 0 Å². The molecule has 0 aliphatic heterocycles. The number of nitrogens with zero attached hydrogens (tertiary/aromatic N) is 1. The summed E-state index contributed by atoms with van der Waals surface area (Å²) < 4.78 is 4.97. The third-order valence-electron chi connectivity index (χ3n) is 3.99. The summed E-state index contributed by atoms with van der Waals surface area (Å²) >= 11 is 0. The predicted octanol–water partition coefficient (Wildman–Crippen LogP) is 2.10. The average molecular weight is 242 g/mol. The van der Waals surface area contributed by atoms with Crippen molar-refractivity contribution in [3.8, 4) is 0 Å². The van der Waals surface area contributed by atoms with Gasteiger partial charge in [-0.25, -0.2) is 4.79 Å². The number of hydrogen-bond acceptors (Lipinski definition) is 2. The Morgan fingerprint density at radius 1 is 1.41 bits per heavy atom. The smallest absolute Gasteiger partial charge is 0.317 e. The van der Waals surface area contributed by atoms with E-state index < -0.39 is 0 Å². The van der Waals surface area contributed by atoms with Crippen molar-refractivity contribution in [2.45, 2.75) is 39.2 Å². The summed E-state index contributed by atoms with van der Waals surface area (Å²) in [5, 5.41) is 3.14. The second-order valence-electron chi connectivity index (χ2n) is 5.24. The zero-order valence-electron chi connectivity index (χ0n) is 11.5. The maximum Gasteiger partial charge on any atom is 0.317 e. The Kier molecular flexibility index (Phi) is 5.75. The molecule has 0 bridgehead atoms. The number of likely N-dealkylation sites (N-methyl/N-ethyl adjacent to an activating group) is 1. The van der Waals surface area contributed by atoms with Gasteiger partial charge in [-0.2, -0.15) is 0 Å². The normalized spacial score (nSPS) is 28.8. The van der Waals surface area contributed by atoms with Gasteiger partial charge in [0.25, 0.3) is 0 Å². The highest BCUT2D eigenvalue weighted by molar-refractivity contribution is 5.74. The monoisotopic (exact) mass is 242 g/mol. The van der Waals surface area contributed by atoms with Crippen LogP contribution < -0.4 is 5.32 Å². The van der Waals surface area contributed by atoms with E-state index in [2.05, 4.69) is 19.2 Å². The van der Waals surface area contributed by atoms with Crippen LogP contribution in [0.15, 0.2) is 0 Å². The summed E-state index contributed by atoms with van der Waals surface area (Å²) in [4.78, 5) is 13.6. The molecule has 1 fully saturated rings. The van der Waals surface area contributed by atoms with Gasteiger partial charge in [0.05, 0.1) is 6.61 Å². The van der Waals surface area contributed by atoms with Crippen LogP contribution in [0.5, 0.6) is 0 Å². The number of carbonyl (C=O) groups is 1. The maximum absolute atomic E-state index is 11.9. The molecule has 1 N–H and O–H groups in total. The molecule has 1 rings (SSSR count). The van der Waals surface area contributed by atoms with Crippen LogP contribution in [-0.4, -0.2) is 44.3 Å². The lowest BCUT2D eigenvalue weighted by Crippen LogP contribution is -2.48. The van der Waals surface area contributed by atoms with Gasteiger partial charge in [0.2, 0.25) is 0 Å². The molecule has 100 valence electrons. The van der Waals surface area contributed by atoms with E-state index in [-0.39, 0.29) is 6.03 Å². The van der Waals surface area contributed by atoms with Crippen molar-refractivity contribution >= 4 is 6.03 Å². The van der Waals surface area contributed by atoms with Crippen LogP contribution in [0.25, 0.3) is 0 Å². The first kappa shape index (κ1) is 14.3.